The lowest BCUT2D eigenvalue weighted by Gasteiger charge is -2.16. The Kier molecular flexibility index (Phi) is 9.34. The third-order valence-electron chi connectivity index (χ3n) is 5.97. The van der Waals surface area contributed by atoms with E-state index in [9.17, 15) is 35.6 Å². The van der Waals surface area contributed by atoms with Crippen molar-refractivity contribution >= 4 is 48.6 Å². The molecule has 1 amide bonds. The first kappa shape index (κ1) is 32.1. The monoisotopic (exact) mass is 650 g/mol. The maximum Gasteiger partial charge on any atom is 0.329 e. The molecular formula is C28H24F2N2O10S2. The van der Waals surface area contributed by atoms with Gasteiger partial charge < -0.3 is 14.3 Å². The molecule has 12 nitrogen and oxygen atoms in total. The first-order chi connectivity index (χ1) is 20.7. The minimum Gasteiger partial charge on any atom is -0.465 e. The molecule has 16 heteroatoms. The van der Waals surface area contributed by atoms with Crippen LogP contribution in [-0.4, -0.2) is 51.0 Å². The number of hydroxylamine groups is 1. The highest BCUT2D eigenvalue weighted by molar-refractivity contribution is 7.91. The average molecular weight is 651 g/mol. The summed E-state index contributed by atoms with van der Waals surface area (Å²) in [7, 11) is -8.62. The van der Waals surface area contributed by atoms with Crippen LogP contribution >= 0.6 is 0 Å². The van der Waals surface area contributed by atoms with E-state index in [4.69, 9.17) is 9.47 Å². The zero-order valence-electron chi connectivity index (χ0n) is 23.1. The Labute approximate surface area is 250 Å². The van der Waals surface area contributed by atoms with Crippen molar-refractivity contribution < 1.29 is 54.3 Å². The van der Waals surface area contributed by atoms with Crippen LogP contribution in [-0.2, 0) is 44.8 Å². The summed E-state index contributed by atoms with van der Waals surface area (Å²) < 4.78 is 94.1. The van der Waals surface area contributed by atoms with Crippen molar-refractivity contribution in [3.63, 3.8) is 0 Å². The molecule has 4 rings (SSSR count). The number of rotatable bonds is 10. The number of fused-ring (bicyclic) bond motifs is 1. The van der Waals surface area contributed by atoms with Crippen molar-refractivity contribution in [3.8, 4) is 11.5 Å². The van der Waals surface area contributed by atoms with E-state index in [1.807, 2.05) is 0 Å². The lowest BCUT2D eigenvalue weighted by atomic mass is 10.1. The van der Waals surface area contributed by atoms with Gasteiger partial charge in [0.15, 0.2) is 21.4 Å². The van der Waals surface area contributed by atoms with Crippen molar-refractivity contribution in [1.29, 1.82) is 0 Å². The number of carbonyl (C=O) groups is 3. The topological polar surface area (TPSA) is 164 Å². The van der Waals surface area contributed by atoms with Crippen molar-refractivity contribution in [1.82, 2.24) is 9.45 Å². The predicted molar refractivity (Wildman–Crippen MR) is 151 cm³/mol. The second-order valence-electron chi connectivity index (χ2n) is 9.13. The molecule has 232 valence electrons. The fourth-order valence-corrected chi connectivity index (χ4v) is 6.76. The fraction of sp³-hybridized carbons (Fsp3) is 0.179. The highest BCUT2D eigenvalue weighted by Gasteiger charge is 2.28. The molecule has 0 spiro atoms. The molecule has 0 fully saturated rings. The summed E-state index contributed by atoms with van der Waals surface area (Å²) in [6, 6.07) is 11.9. The summed E-state index contributed by atoms with van der Waals surface area (Å²) in [4.78, 5) is 39.5. The minimum absolute atomic E-state index is 0.0525. The SMILES string of the molecule is CCOC(=O)CS(=O)(=O)Cc1c(Oc2ccc(F)c(C(=O)NOC(C)=O)c2)c(F)cc2c1ccn2S(=O)(=O)c1ccccc1. The van der Waals surface area contributed by atoms with Gasteiger partial charge in [-0.15, -0.1) is 0 Å². The summed E-state index contributed by atoms with van der Waals surface area (Å²) in [5.74, 6) is -8.50. The van der Waals surface area contributed by atoms with Gasteiger partial charge in [-0.25, -0.2) is 29.6 Å². The number of hydrogen-bond acceptors (Lipinski definition) is 10. The summed E-state index contributed by atoms with van der Waals surface area (Å²) in [6.45, 7) is 2.38. The first-order valence-corrected chi connectivity index (χ1v) is 15.9. The molecule has 4 aromatic rings. The van der Waals surface area contributed by atoms with Gasteiger partial charge in [0.05, 0.1) is 28.3 Å². The van der Waals surface area contributed by atoms with Crippen LogP contribution in [0.5, 0.6) is 11.5 Å². The quantitative estimate of drug-likeness (QED) is 0.198. The van der Waals surface area contributed by atoms with Crippen LogP contribution in [0.15, 0.2) is 71.8 Å². The molecular weight excluding hydrogens is 626 g/mol. The summed E-state index contributed by atoms with van der Waals surface area (Å²) >= 11 is 0. The Bertz CT molecular complexity index is 1980. The molecule has 0 aliphatic rings. The molecule has 0 aliphatic heterocycles. The van der Waals surface area contributed by atoms with Crippen molar-refractivity contribution in [2.24, 2.45) is 0 Å². The fourth-order valence-electron chi connectivity index (χ4n) is 4.13. The number of benzene rings is 3. The molecule has 0 atom stereocenters. The summed E-state index contributed by atoms with van der Waals surface area (Å²) in [5.41, 5.74) is 0.466. The van der Waals surface area contributed by atoms with Crippen molar-refractivity contribution in [2.45, 2.75) is 24.5 Å². The number of ether oxygens (including phenoxy) is 2. The molecule has 0 aliphatic carbocycles. The van der Waals surface area contributed by atoms with Gasteiger partial charge in [0.2, 0.25) is 0 Å². The third kappa shape index (κ3) is 7.03. The number of carbonyl (C=O) groups excluding carboxylic acids is 3. The van der Waals surface area contributed by atoms with Crippen LogP contribution < -0.4 is 10.2 Å². The second-order valence-corrected chi connectivity index (χ2v) is 13.0. The highest BCUT2D eigenvalue weighted by atomic mass is 32.2. The smallest absolute Gasteiger partial charge is 0.329 e. The molecule has 3 aromatic carbocycles. The molecule has 0 unspecified atom stereocenters. The zero-order chi connectivity index (χ0) is 32.2. The number of amides is 1. The maximum atomic E-state index is 15.8. The Morgan fingerprint density at radius 1 is 0.932 bits per heavy atom. The van der Waals surface area contributed by atoms with Gasteiger partial charge in [-0.3, -0.25) is 14.4 Å². The van der Waals surface area contributed by atoms with Crippen LogP contribution in [0, 0.1) is 11.6 Å². The van der Waals surface area contributed by atoms with Gasteiger partial charge >= 0.3 is 11.9 Å². The van der Waals surface area contributed by atoms with Crippen LogP contribution in [0.1, 0.15) is 29.8 Å². The highest BCUT2D eigenvalue weighted by Crippen LogP contribution is 2.38. The third-order valence-corrected chi connectivity index (χ3v) is 9.07. The van der Waals surface area contributed by atoms with E-state index < -0.39 is 72.2 Å². The molecule has 1 aromatic heterocycles. The van der Waals surface area contributed by atoms with E-state index in [-0.39, 0.29) is 33.7 Å². The number of nitrogens with zero attached hydrogens (tertiary/aromatic N) is 1. The molecule has 0 radical (unpaired) electrons. The molecule has 1 N–H and O–H groups in total. The maximum absolute atomic E-state index is 15.8. The number of sulfone groups is 1. The largest absolute Gasteiger partial charge is 0.465 e. The lowest BCUT2D eigenvalue weighted by molar-refractivity contribution is -0.146. The second kappa shape index (κ2) is 12.8. The van der Waals surface area contributed by atoms with E-state index in [0.29, 0.717) is 0 Å². The average Bonchev–Trinajstić information content (AvgIpc) is 3.39. The van der Waals surface area contributed by atoms with Gasteiger partial charge in [-0.05, 0) is 43.3 Å². The predicted octanol–water partition coefficient (Wildman–Crippen LogP) is 3.63. The van der Waals surface area contributed by atoms with Gasteiger partial charge in [0.1, 0.15) is 17.3 Å². The van der Waals surface area contributed by atoms with E-state index in [1.165, 1.54) is 37.3 Å². The van der Waals surface area contributed by atoms with E-state index in [2.05, 4.69) is 4.84 Å². The van der Waals surface area contributed by atoms with Gasteiger partial charge in [0.25, 0.3) is 15.9 Å². The van der Waals surface area contributed by atoms with Crippen molar-refractivity contribution in [3.05, 3.63) is 89.6 Å². The number of aromatic nitrogens is 1. The number of nitrogens with one attached hydrogen (secondary N) is 1. The molecule has 0 bridgehead atoms. The number of halogens is 2. The van der Waals surface area contributed by atoms with Gasteiger partial charge in [-0.1, -0.05) is 18.2 Å². The molecule has 1 heterocycles. The van der Waals surface area contributed by atoms with Crippen LogP contribution in [0.3, 0.4) is 0 Å². The Hall–Kier alpha value is -4.83. The van der Waals surface area contributed by atoms with Crippen molar-refractivity contribution in [2.75, 3.05) is 12.4 Å². The molecule has 0 saturated heterocycles. The van der Waals surface area contributed by atoms with Crippen LogP contribution in [0.25, 0.3) is 10.9 Å². The van der Waals surface area contributed by atoms with E-state index in [1.54, 1.807) is 11.5 Å². The summed E-state index contributed by atoms with van der Waals surface area (Å²) in [6.07, 6.45) is 1.10. The van der Waals surface area contributed by atoms with E-state index in [0.717, 1.165) is 41.4 Å². The number of hydrogen-bond donors (Lipinski definition) is 1. The molecule has 44 heavy (non-hydrogen) atoms. The first-order valence-electron chi connectivity index (χ1n) is 12.7. The number of esters is 1. The minimum atomic E-state index is -4.35. The van der Waals surface area contributed by atoms with E-state index >= 15 is 4.39 Å². The van der Waals surface area contributed by atoms with Crippen LogP contribution in [0.2, 0.25) is 0 Å². The summed E-state index contributed by atoms with van der Waals surface area (Å²) in [5, 5.41) is -0.0525. The Morgan fingerprint density at radius 3 is 2.30 bits per heavy atom. The Balaban J connectivity index is 1.86. The van der Waals surface area contributed by atoms with Gasteiger partial charge in [0, 0.05) is 30.1 Å². The lowest BCUT2D eigenvalue weighted by Crippen LogP contribution is -2.26. The normalized spacial score (nSPS) is 11.6. The molecule has 0 saturated carbocycles. The van der Waals surface area contributed by atoms with Gasteiger partial charge in [-0.2, -0.15) is 5.48 Å². The zero-order valence-corrected chi connectivity index (χ0v) is 24.7. The Morgan fingerprint density at radius 2 is 1.64 bits per heavy atom. The standard InChI is InChI=1S/C28H24F2N2O10S2/c1-3-40-26(34)16-43(36,37)15-22-20-11-12-32(44(38,39)19-7-5-4-6-8-19)25(20)14-24(30)27(22)41-18-9-10-23(29)21(13-18)28(35)31-42-17(2)33/h4-14H,3,15-16H2,1-2H3,(H,31,35). The van der Waals surface area contributed by atoms with Crippen LogP contribution in [0.4, 0.5) is 8.78 Å².